The zero-order valence-corrected chi connectivity index (χ0v) is 10.7. The second-order valence-electron chi connectivity index (χ2n) is 3.53. The molecule has 0 aliphatic heterocycles. The molecule has 0 aliphatic rings. The fourth-order valence-corrected chi connectivity index (χ4v) is 1.88. The average Bonchev–Trinajstić information content (AvgIpc) is 2.26. The molecule has 0 unspecified atom stereocenters. The van der Waals surface area contributed by atoms with Crippen LogP contribution in [0.3, 0.4) is 0 Å². The fourth-order valence-electron chi connectivity index (χ4n) is 1.32. The van der Waals surface area contributed by atoms with Gasteiger partial charge in [-0.15, -0.1) is 0 Å². The van der Waals surface area contributed by atoms with Crippen molar-refractivity contribution in [3.63, 3.8) is 0 Å². The third-order valence-electron chi connectivity index (χ3n) is 2.29. The van der Waals surface area contributed by atoms with E-state index in [-0.39, 0.29) is 0 Å². The first-order valence-electron chi connectivity index (χ1n) is 5.00. The van der Waals surface area contributed by atoms with Gasteiger partial charge in [0.25, 0.3) is 0 Å². The molecule has 1 aromatic carbocycles. The molecule has 0 atom stereocenters. The largest absolute Gasteiger partial charge is 0.419 e. The topological polar surface area (TPSA) is 0 Å². The molecule has 0 nitrogen and oxygen atoms in total. The Morgan fingerprint density at radius 3 is 2.47 bits per heavy atom. The van der Waals surface area contributed by atoms with E-state index >= 15 is 0 Å². The standard InChI is InChI=1S/C12H11BrF4/c1-2-8(7-13)5-9-3-4-11(14)10(6-9)12(15,16)17/h3-6H,2,7H2,1H3/b8-5-. The Morgan fingerprint density at radius 2 is 2.00 bits per heavy atom. The lowest BCUT2D eigenvalue weighted by Gasteiger charge is -2.09. The molecule has 0 saturated heterocycles. The van der Waals surface area contributed by atoms with Crippen molar-refractivity contribution >= 4 is 22.0 Å². The number of alkyl halides is 4. The first-order chi connectivity index (χ1) is 7.88. The molecule has 0 bridgehead atoms. The van der Waals surface area contributed by atoms with Crippen molar-refractivity contribution in [1.29, 1.82) is 0 Å². The van der Waals surface area contributed by atoms with Gasteiger partial charge in [0.15, 0.2) is 0 Å². The van der Waals surface area contributed by atoms with Gasteiger partial charge in [-0.3, -0.25) is 0 Å². The van der Waals surface area contributed by atoms with E-state index in [4.69, 9.17) is 0 Å². The minimum Gasteiger partial charge on any atom is -0.206 e. The second-order valence-corrected chi connectivity index (χ2v) is 4.09. The summed E-state index contributed by atoms with van der Waals surface area (Å²) in [5.74, 6) is -1.24. The number of halogens is 5. The van der Waals surface area contributed by atoms with Crippen LogP contribution in [0.5, 0.6) is 0 Å². The van der Waals surface area contributed by atoms with Crippen molar-refractivity contribution in [3.8, 4) is 0 Å². The van der Waals surface area contributed by atoms with E-state index < -0.39 is 17.6 Å². The van der Waals surface area contributed by atoms with Gasteiger partial charge in [0.1, 0.15) is 5.82 Å². The van der Waals surface area contributed by atoms with Crippen LogP contribution in [0.2, 0.25) is 0 Å². The average molecular weight is 311 g/mol. The predicted octanol–water partition coefficient (Wildman–Crippen LogP) is 5.03. The van der Waals surface area contributed by atoms with Crippen molar-refractivity contribution in [1.82, 2.24) is 0 Å². The van der Waals surface area contributed by atoms with E-state index in [9.17, 15) is 17.6 Å². The minimum atomic E-state index is -4.66. The van der Waals surface area contributed by atoms with Gasteiger partial charge in [0.05, 0.1) is 5.56 Å². The van der Waals surface area contributed by atoms with Gasteiger partial charge < -0.3 is 0 Å². The minimum absolute atomic E-state index is 0.357. The second kappa shape index (κ2) is 5.67. The van der Waals surface area contributed by atoms with E-state index in [1.54, 1.807) is 6.08 Å². The summed E-state index contributed by atoms with van der Waals surface area (Å²) in [5, 5.41) is 0.586. The SMILES string of the molecule is CC/C(=C/c1ccc(F)c(C(F)(F)F)c1)CBr. The zero-order valence-electron chi connectivity index (χ0n) is 9.11. The Bertz CT molecular complexity index is 415. The molecule has 0 radical (unpaired) electrons. The van der Waals surface area contributed by atoms with Gasteiger partial charge in [-0.2, -0.15) is 13.2 Å². The fraction of sp³-hybridized carbons (Fsp3) is 0.333. The molecule has 0 N–H and O–H groups in total. The van der Waals surface area contributed by atoms with Crippen molar-refractivity contribution in [2.45, 2.75) is 19.5 Å². The van der Waals surface area contributed by atoms with Crippen LogP contribution in [-0.2, 0) is 6.18 Å². The summed E-state index contributed by atoms with van der Waals surface area (Å²) in [6.45, 7) is 1.90. The smallest absolute Gasteiger partial charge is 0.206 e. The van der Waals surface area contributed by atoms with Crippen LogP contribution in [0.4, 0.5) is 17.6 Å². The zero-order chi connectivity index (χ0) is 13.1. The highest BCUT2D eigenvalue weighted by atomic mass is 79.9. The number of benzene rings is 1. The van der Waals surface area contributed by atoms with Gasteiger partial charge in [0, 0.05) is 5.33 Å². The van der Waals surface area contributed by atoms with Crippen molar-refractivity contribution in [2.24, 2.45) is 0 Å². The molecule has 17 heavy (non-hydrogen) atoms. The highest BCUT2D eigenvalue weighted by Crippen LogP contribution is 2.32. The maximum absolute atomic E-state index is 13.0. The Balaban J connectivity index is 3.18. The summed E-state index contributed by atoms with van der Waals surface area (Å²) < 4.78 is 50.4. The molecule has 0 spiro atoms. The maximum Gasteiger partial charge on any atom is 0.419 e. The van der Waals surface area contributed by atoms with Gasteiger partial charge >= 0.3 is 6.18 Å². The molecule has 0 heterocycles. The van der Waals surface area contributed by atoms with Gasteiger partial charge in [-0.25, -0.2) is 4.39 Å². The molecule has 1 aromatic rings. The van der Waals surface area contributed by atoms with Crippen LogP contribution >= 0.6 is 15.9 Å². The highest BCUT2D eigenvalue weighted by molar-refractivity contribution is 9.09. The lowest BCUT2D eigenvalue weighted by atomic mass is 10.1. The Kier molecular flexibility index (Phi) is 4.74. The first-order valence-corrected chi connectivity index (χ1v) is 6.12. The van der Waals surface area contributed by atoms with Crippen molar-refractivity contribution < 1.29 is 17.6 Å². The van der Waals surface area contributed by atoms with E-state index in [0.29, 0.717) is 10.9 Å². The monoisotopic (exact) mass is 310 g/mol. The van der Waals surface area contributed by atoms with E-state index in [1.807, 2.05) is 6.92 Å². The van der Waals surface area contributed by atoms with Crippen molar-refractivity contribution in [2.75, 3.05) is 5.33 Å². The number of hydrogen-bond donors (Lipinski definition) is 0. The Morgan fingerprint density at radius 1 is 1.35 bits per heavy atom. The van der Waals surface area contributed by atoms with Crippen molar-refractivity contribution in [3.05, 3.63) is 40.7 Å². The number of allylic oxidation sites excluding steroid dienone is 1. The van der Waals surface area contributed by atoms with Crippen LogP contribution in [0.25, 0.3) is 6.08 Å². The molecule has 5 heteroatoms. The van der Waals surface area contributed by atoms with Crippen LogP contribution in [0.1, 0.15) is 24.5 Å². The van der Waals surface area contributed by atoms with Gasteiger partial charge in [0.2, 0.25) is 0 Å². The van der Waals surface area contributed by atoms with Gasteiger partial charge in [-0.1, -0.05) is 40.6 Å². The summed E-state index contributed by atoms with van der Waals surface area (Å²) in [6, 6.07) is 3.01. The molecule has 0 aliphatic carbocycles. The molecule has 1 rings (SSSR count). The lowest BCUT2D eigenvalue weighted by Crippen LogP contribution is -2.08. The predicted molar refractivity (Wildman–Crippen MR) is 63.5 cm³/mol. The summed E-state index contributed by atoms with van der Waals surface area (Å²) >= 11 is 3.24. The summed E-state index contributed by atoms with van der Waals surface area (Å²) in [5.41, 5.74) is 0.0797. The maximum atomic E-state index is 13.0. The molecular weight excluding hydrogens is 300 g/mol. The quantitative estimate of drug-likeness (QED) is 0.542. The van der Waals surface area contributed by atoms with Gasteiger partial charge in [-0.05, 0) is 24.1 Å². The molecule has 0 fully saturated rings. The molecule has 0 amide bonds. The van der Waals surface area contributed by atoms with E-state index in [2.05, 4.69) is 15.9 Å². The third kappa shape index (κ3) is 3.84. The molecule has 94 valence electrons. The summed E-state index contributed by atoms with van der Waals surface area (Å²) in [4.78, 5) is 0. The van der Waals surface area contributed by atoms with E-state index in [1.165, 1.54) is 6.07 Å². The van der Waals surface area contributed by atoms with Crippen LogP contribution in [0, 0.1) is 5.82 Å². The lowest BCUT2D eigenvalue weighted by molar-refractivity contribution is -0.140. The number of hydrogen-bond acceptors (Lipinski definition) is 0. The van der Waals surface area contributed by atoms with Crippen LogP contribution < -0.4 is 0 Å². The molecular formula is C12H11BrF4. The number of rotatable bonds is 3. The van der Waals surface area contributed by atoms with Crippen LogP contribution in [-0.4, -0.2) is 5.33 Å². The Hall–Kier alpha value is -0.840. The molecule has 0 aromatic heterocycles. The third-order valence-corrected chi connectivity index (χ3v) is 3.01. The van der Waals surface area contributed by atoms with Crippen LogP contribution in [0.15, 0.2) is 23.8 Å². The first kappa shape index (κ1) is 14.2. The van der Waals surface area contributed by atoms with E-state index in [0.717, 1.165) is 24.1 Å². The summed E-state index contributed by atoms with van der Waals surface area (Å²) in [7, 11) is 0. The molecule has 0 saturated carbocycles. The Labute approximate surface area is 105 Å². The highest BCUT2D eigenvalue weighted by Gasteiger charge is 2.33. The normalized spacial score (nSPS) is 12.9. The summed E-state index contributed by atoms with van der Waals surface area (Å²) in [6.07, 6.45) is -2.30.